The first kappa shape index (κ1) is 19.5. The molecule has 1 aliphatic rings. The summed E-state index contributed by atoms with van der Waals surface area (Å²) in [7, 11) is 0. The number of likely N-dealkylation sites (tertiary alicyclic amines) is 1. The number of aromatic nitrogens is 1. The Morgan fingerprint density at radius 1 is 1.10 bits per heavy atom. The number of carbonyl (C=O) groups is 2. The first-order chi connectivity index (χ1) is 14.1. The molecule has 1 aromatic heterocycles. The molecule has 2 heterocycles. The highest BCUT2D eigenvalue weighted by Gasteiger charge is 2.26. The maximum Gasteiger partial charge on any atom is 0.240 e. The van der Waals surface area contributed by atoms with E-state index in [1.807, 2.05) is 29.2 Å². The predicted octanol–water partition coefficient (Wildman–Crippen LogP) is 3.72. The molecular weight excluding hydrogens is 391 g/mol. The Kier molecular flexibility index (Phi) is 5.82. The van der Waals surface area contributed by atoms with Crippen molar-refractivity contribution in [3.05, 3.63) is 54.3 Å². The molecule has 1 fully saturated rings. The van der Waals surface area contributed by atoms with E-state index in [1.54, 1.807) is 12.1 Å². The molecule has 4 rings (SSSR count). The molecule has 0 saturated carbocycles. The largest absolute Gasteiger partial charge is 0.326 e. The zero-order chi connectivity index (χ0) is 20.2. The van der Waals surface area contributed by atoms with Crippen molar-refractivity contribution in [3.63, 3.8) is 0 Å². The van der Waals surface area contributed by atoms with Gasteiger partial charge in [0.2, 0.25) is 11.8 Å². The lowest BCUT2D eigenvalue weighted by atomic mass is 9.96. The van der Waals surface area contributed by atoms with E-state index in [1.165, 1.54) is 23.5 Å². The summed E-state index contributed by atoms with van der Waals surface area (Å²) in [4.78, 5) is 31.2. The summed E-state index contributed by atoms with van der Waals surface area (Å²) < 4.78 is 14.3. The van der Waals surface area contributed by atoms with Gasteiger partial charge in [0.1, 0.15) is 5.82 Å². The van der Waals surface area contributed by atoms with Gasteiger partial charge in [-0.1, -0.05) is 29.5 Å². The van der Waals surface area contributed by atoms with Crippen LogP contribution >= 0.6 is 11.3 Å². The molecule has 2 aromatic carbocycles. The number of benzene rings is 2. The smallest absolute Gasteiger partial charge is 0.240 e. The third-order valence-corrected chi connectivity index (χ3v) is 5.91. The maximum absolute atomic E-state index is 13.2. The van der Waals surface area contributed by atoms with E-state index in [-0.39, 0.29) is 30.1 Å². The van der Waals surface area contributed by atoms with Gasteiger partial charge in [0.15, 0.2) is 5.13 Å². The van der Waals surface area contributed by atoms with Crippen LogP contribution in [0.5, 0.6) is 0 Å². The number of fused-ring (bicyclic) bond motifs is 1. The van der Waals surface area contributed by atoms with Gasteiger partial charge >= 0.3 is 0 Å². The molecule has 2 N–H and O–H groups in total. The number of amides is 2. The highest BCUT2D eigenvalue weighted by Crippen LogP contribution is 2.25. The van der Waals surface area contributed by atoms with Gasteiger partial charge in [-0.05, 0) is 56.3 Å². The van der Waals surface area contributed by atoms with Crippen LogP contribution in [-0.4, -0.2) is 41.3 Å². The molecule has 0 unspecified atom stereocenters. The first-order valence-corrected chi connectivity index (χ1v) is 10.3. The number of hydrogen-bond acceptors (Lipinski definition) is 5. The van der Waals surface area contributed by atoms with Gasteiger partial charge in [-0.2, -0.15) is 0 Å². The van der Waals surface area contributed by atoms with Crippen molar-refractivity contribution in [1.29, 1.82) is 0 Å². The highest BCUT2D eigenvalue weighted by molar-refractivity contribution is 7.22. The topological polar surface area (TPSA) is 74.3 Å². The molecule has 0 bridgehead atoms. The number of hydrogen-bond donors (Lipinski definition) is 2. The third-order valence-electron chi connectivity index (χ3n) is 4.96. The minimum Gasteiger partial charge on any atom is -0.326 e. The Bertz CT molecular complexity index is 997. The lowest BCUT2D eigenvalue weighted by molar-refractivity contribution is -0.121. The number of para-hydroxylation sites is 1. The van der Waals surface area contributed by atoms with Gasteiger partial charge in [-0.15, -0.1) is 0 Å². The molecule has 6 nitrogen and oxygen atoms in total. The van der Waals surface area contributed by atoms with Crippen LogP contribution in [0.15, 0.2) is 48.5 Å². The van der Waals surface area contributed by atoms with Gasteiger partial charge in [-0.25, -0.2) is 9.37 Å². The summed E-state index contributed by atoms with van der Waals surface area (Å²) >= 11 is 1.45. The lowest BCUT2D eigenvalue weighted by Gasteiger charge is -2.30. The zero-order valence-electron chi connectivity index (χ0n) is 15.7. The quantitative estimate of drug-likeness (QED) is 0.670. The van der Waals surface area contributed by atoms with Gasteiger partial charge in [-0.3, -0.25) is 14.5 Å². The molecule has 1 aliphatic heterocycles. The Balaban J connectivity index is 1.25. The first-order valence-electron chi connectivity index (χ1n) is 9.51. The van der Waals surface area contributed by atoms with E-state index in [4.69, 9.17) is 0 Å². The van der Waals surface area contributed by atoms with Crippen LogP contribution in [0.4, 0.5) is 15.2 Å². The number of thiazole rings is 1. The summed E-state index contributed by atoms with van der Waals surface area (Å²) in [6, 6.07) is 13.6. The SMILES string of the molecule is O=C(CN1CCC(C(=O)Nc2cccc(F)c2)CC1)Nc1nc2ccccc2s1. The Morgan fingerprint density at radius 2 is 1.90 bits per heavy atom. The van der Waals surface area contributed by atoms with Crippen LogP contribution in [0.2, 0.25) is 0 Å². The van der Waals surface area contributed by atoms with Crippen LogP contribution in [-0.2, 0) is 9.59 Å². The van der Waals surface area contributed by atoms with Crippen molar-refractivity contribution in [3.8, 4) is 0 Å². The van der Waals surface area contributed by atoms with Crippen LogP contribution < -0.4 is 10.6 Å². The van der Waals surface area contributed by atoms with E-state index in [2.05, 4.69) is 15.6 Å². The fourth-order valence-corrected chi connectivity index (χ4v) is 4.33. The molecule has 0 atom stereocenters. The molecule has 29 heavy (non-hydrogen) atoms. The Morgan fingerprint density at radius 3 is 2.66 bits per heavy atom. The van der Waals surface area contributed by atoms with E-state index < -0.39 is 0 Å². The average molecular weight is 412 g/mol. The summed E-state index contributed by atoms with van der Waals surface area (Å²) in [6.07, 6.45) is 1.32. The maximum atomic E-state index is 13.2. The molecule has 2 amide bonds. The fraction of sp³-hybridized carbons (Fsp3) is 0.286. The molecule has 8 heteroatoms. The lowest BCUT2D eigenvalue weighted by Crippen LogP contribution is -2.41. The van der Waals surface area contributed by atoms with Gasteiger partial charge in [0.05, 0.1) is 16.8 Å². The second-order valence-electron chi connectivity index (χ2n) is 7.08. The van der Waals surface area contributed by atoms with Crippen LogP contribution in [0.1, 0.15) is 12.8 Å². The minimum atomic E-state index is -0.378. The standard InChI is InChI=1S/C21H21FN4O2S/c22-15-4-3-5-16(12-15)23-20(28)14-8-10-26(11-9-14)13-19(27)25-21-24-17-6-1-2-7-18(17)29-21/h1-7,12,14H,8-11,13H2,(H,23,28)(H,24,25,27). The molecule has 1 saturated heterocycles. The highest BCUT2D eigenvalue weighted by atomic mass is 32.1. The number of piperidine rings is 1. The number of halogens is 1. The van der Waals surface area contributed by atoms with Gasteiger partial charge < -0.3 is 10.6 Å². The van der Waals surface area contributed by atoms with Gasteiger partial charge in [0, 0.05) is 11.6 Å². The van der Waals surface area contributed by atoms with Crippen molar-refractivity contribution in [2.45, 2.75) is 12.8 Å². The van der Waals surface area contributed by atoms with Crippen LogP contribution in [0.25, 0.3) is 10.2 Å². The third kappa shape index (κ3) is 4.96. The minimum absolute atomic E-state index is 0.103. The van der Waals surface area contributed by atoms with Gasteiger partial charge in [0.25, 0.3) is 0 Å². The summed E-state index contributed by atoms with van der Waals surface area (Å²) in [6.45, 7) is 1.59. The monoisotopic (exact) mass is 412 g/mol. The van der Waals surface area contributed by atoms with Crippen LogP contribution in [0.3, 0.4) is 0 Å². The predicted molar refractivity (Wildman–Crippen MR) is 112 cm³/mol. The number of nitrogens with one attached hydrogen (secondary N) is 2. The van der Waals surface area contributed by atoms with Crippen molar-refractivity contribution < 1.29 is 14.0 Å². The summed E-state index contributed by atoms with van der Waals surface area (Å²) in [5.41, 5.74) is 1.34. The van der Waals surface area contributed by atoms with Crippen molar-refractivity contribution in [2.24, 2.45) is 5.92 Å². The molecule has 0 spiro atoms. The molecule has 3 aromatic rings. The number of anilines is 2. The van der Waals surface area contributed by atoms with Crippen molar-refractivity contribution >= 4 is 44.2 Å². The van der Waals surface area contributed by atoms with E-state index in [0.717, 1.165) is 10.2 Å². The van der Waals surface area contributed by atoms with Crippen molar-refractivity contribution in [1.82, 2.24) is 9.88 Å². The average Bonchev–Trinajstić information content (AvgIpc) is 3.10. The Hall–Kier alpha value is -2.84. The molecular formula is C21H21FN4O2S. The molecule has 150 valence electrons. The summed E-state index contributed by atoms with van der Waals surface area (Å²) in [5, 5.41) is 6.23. The van der Waals surface area contributed by atoms with E-state index >= 15 is 0 Å². The second kappa shape index (κ2) is 8.67. The summed E-state index contributed by atoms with van der Waals surface area (Å²) in [5.74, 6) is -0.723. The Labute approximate surface area is 171 Å². The van der Waals surface area contributed by atoms with E-state index in [0.29, 0.717) is 36.8 Å². The van der Waals surface area contributed by atoms with Crippen LogP contribution in [0, 0.1) is 11.7 Å². The number of carbonyl (C=O) groups excluding carboxylic acids is 2. The van der Waals surface area contributed by atoms with Crippen molar-refractivity contribution in [2.75, 3.05) is 30.3 Å². The number of rotatable bonds is 5. The van der Waals surface area contributed by atoms with E-state index in [9.17, 15) is 14.0 Å². The fourth-order valence-electron chi connectivity index (χ4n) is 3.45. The zero-order valence-corrected chi connectivity index (χ0v) is 16.5. The second-order valence-corrected chi connectivity index (χ2v) is 8.12. The number of nitrogens with zero attached hydrogens (tertiary/aromatic N) is 2. The molecule has 0 radical (unpaired) electrons. The normalized spacial score (nSPS) is 15.3. The molecule has 0 aliphatic carbocycles.